The van der Waals surface area contributed by atoms with E-state index in [9.17, 15) is 0 Å². The van der Waals surface area contributed by atoms with Crippen molar-refractivity contribution in [3.05, 3.63) is 36.5 Å². The van der Waals surface area contributed by atoms with Crippen molar-refractivity contribution in [3.8, 4) is 0 Å². The molecule has 0 heterocycles. The van der Waals surface area contributed by atoms with E-state index in [1.165, 1.54) is 24.8 Å². The molecule has 1 atom stereocenters. The maximum Gasteiger partial charge on any atom is -0.0109 e. The predicted molar refractivity (Wildman–Crippen MR) is 64.2 cm³/mol. The summed E-state index contributed by atoms with van der Waals surface area (Å²) in [6.07, 6.45) is 12.8. The summed E-state index contributed by atoms with van der Waals surface area (Å²) in [5, 5.41) is 0. The molecular weight excluding hydrogens is 168 g/mol. The third-order valence-corrected chi connectivity index (χ3v) is 3.25. The topological polar surface area (TPSA) is 0 Å². The van der Waals surface area contributed by atoms with Crippen LogP contribution in [0.5, 0.6) is 0 Å². The lowest BCUT2D eigenvalue weighted by molar-refractivity contribution is 0.366. The fraction of sp³-hybridized carbons (Fsp3) is 0.571. The van der Waals surface area contributed by atoms with Crippen LogP contribution in [0.25, 0.3) is 0 Å². The minimum atomic E-state index is 0.235. The molecule has 0 spiro atoms. The van der Waals surface area contributed by atoms with Gasteiger partial charge >= 0.3 is 0 Å². The summed E-state index contributed by atoms with van der Waals surface area (Å²) < 4.78 is 0. The fourth-order valence-corrected chi connectivity index (χ4v) is 1.78. The molecule has 0 aromatic heterocycles. The highest BCUT2D eigenvalue weighted by atomic mass is 14.3. The number of rotatable bonds is 3. The van der Waals surface area contributed by atoms with E-state index < -0.39 is 0 Å². The van der Waals surface area contributed by atoms with Gasteiger partial charge in [-0.15, -0.1) is 6.58 Å². The third kappa shape index (κ3) is 2.87. The number of hydrogen-bond acceptors (Lipinski definition) is 0. The Bertz CT molecular complexity index is 253. The van der Waals surface area contributed by atoms with Crippen molar-refractivity contribution >= 4 is 0 Å². The molecule has 0 radical (unpaired) electrons. The lowest BCUT2D eigenvalue weighted by Crippen LogP contribution is -2.17. The predicted octanol–water partition coefficient (Wildman–Crippen LogP) is 4.50. The van der Waals surface area contributed by atoms with Crippen molar-refractivity contribution in [1.29, 1.82) is 0 Å². The molecule has 1 unspecified atom stereocenters. The maximum absolute atomic E-state index is 3.87. The minimum Gasteiger partial charge on any atom is -0.103 e. The molecule has 0 aliphatic heterocycles. The number of allylic oxidation sites excluding steroid dienone is 5. The van der Waals surface area contributed by atoms with Crippen LogP contribution in [0.15, 0.2) is 36.5 Å². The Morgan fingerprint density at radius 1 is 1.50 bits per heavy atom. The van der Waals surface area contributed by atoms with Crippen molar-refractivity contribution in [2.24, 2.45) is 11.3 Å². The molecule has 0 nitrogen and oxygen atoms in total. The van der Waals surface area contributed by atoms with Gasteiger partial charge in [-0.1, -0.05) is 50.6 Å². The van der Waals surface area contributed by atoms with Crippen LogP contribution in [-0.4, -0.2) is 0 Å². The molecule has 1 aliphatic rings. The van der Waals surface area contributed by atoms with Crippen LogP contribution in [0.2, 0.25) is 0 Å². The van der Waals surface area contributed by atoms with E-state index in [4.69, 9.17) is 0 Å². The van der Waals surface area contributed by atoms with Crippen LogP contribution in [-0.2, 0) is 0 Å². The molecule has 0 bridgehead atoms. The van der Waals surface area contributed by atoms with E-state index in [-0.39, 0.29) is 5.41 Å². The standard InChI is InChI=1S/C14H22/c1-5-12(2)14(3,4)11-13-9-7-6-8-10-13/h5,7,9,11-12H,1,6,8,10H2,2-4H3/b13-11-. The van der Waals surface area contributed by atoms with Gasteiger partial charge in [-0.3, -0.25) is 0 Å². The average molecular weight is 190 g/mol. The van der Waals surface area contributed by atoms with E-state index in [1.54, 1.807) is 0 Å². The average Bonchev–Trinajstić information content (AvgIpc) is 2.17. The van der Waals surface area contributed by atoms with Crippen LogP contribution in [0.1, 0.15) is 40.0 Å². The zero-order valence-corrected chi connectivity index (χ0v) is 9.72. The Morgan fingerprint density at radius 3 is 2.71 bits per heavy atom. The Kier molecular flexibility index (Phi) is 3.74. The molecule has 1 rings (SSSR count). The van der Waals surface area contributed by atoms with Crippen LogP contribution in [0.3, 0.4) is 0 Å². The van der Waals surface area contributed by atoms with Crippen molar-refractivity contribution < 1.29 is 0 Å². The van der Waals surface area contributed by atoms with Gasteiger partial charge in [0.15, 0.2) is 0 Å². The van der Waals surface area contributed by atoms with Gasteiger partial charge in [-0.25, -0.2) is 0 Å². The minimum absolute atomic E-state index is 0.235. The second-order valence-corrected chi connectivity index (χ2v) is 4.86. The first kappa shape index (κ1) is 11.3. The highest BCUT2D eigenvalue weighted by Crippen LogP contribution is 2.32. The molecule has 0 fully saturated rings. The van der Waals surface area contributed by atoms with Gasteiger partial charge in [0.25, 0.3) is 0 Å². The van der Waals surface area contributed by atoms with E-state index in [0.29, 0.717) is 5.92 Å². The van der Waals surface area contributed by atoms with E-state index in [0.717, 1.165) is 0 Å². The molecule has 0 saturated carbocycles. The van der Waals surface area contributed by atoms with Crippen molar-refractivity contribution in [1.82, 2.24) is 0 Å². The highest BCUT2D eigenvalue weighted by molar-refractivity contribution is 5.24. The molecule has 0 amide bonds. The Morgan fingerprint density at radius 2 is 2.21 bits per heavy atom. The smallest absolute Gasteiger partial charge is 0.0109 e. The first-order chi connectivity index (χ1) is 6.56. The molecule has 14 heavy (non-hydrogen) atoms. The zero-order valence-electron chi connectivity index (χ0n) is 9.72. The van der Waals surface area contributed by atoms with Gasteiger partial charge in [0.2, 0.25) is 0 Å². The SMILES string of the molecule is C=CC(C)C(C)(C)/C=C1/C=CCCC1. The quantitative estimate of drug-likeness (QED) is 0.575. The largest absolute Gasteiger partial charge is 0.103 e. The lowest BCUT2D eigenvalue weighted by atomic mass is 9.78. The molecular formula is C14H22. The van der Waals surface area contributed by atoms with Crippen LogP contribution < -0.4 is 0 Å². The normalized spacial score (nSPS) is 22.4. The summed E-state index contributed by atoms with van der Waals surface area (Å²) in [5.74, 6) is 0.533. The fourth-order valence-electron chi connectivity index (χ4n) is 1.78. The first-order valence-corrected chi connectivity index (χ1v) is 5.57. The second kappa shape index (κ2) is 4.63. The molecule has 1 aliphatic carbocycles. The van der Waals surface area contributed by atoms with Crippen LogP contribution >= 0.6 is 0 Å². The summed E-state index contributed by atoms with van der Waals surface area (Å²) in [5.41, 5.74) is 1.73. The van der Waals surface area contributed by atoms with Gasteiger partial charge in [0.1, 0.15) is 0 Å². The lowest BCUT2D eigenvalue weighted by Gasteiger charge is -2.27. The molecule has 0 heteroatoms. The first-order valence-electron chi connectivity index (χ1n) is 5.57. The Labute approximate surface area is 88.4 Å². The van der Waals surface area contributed by atoms with E-state index >= 15 is 0 Å². The Hall–Kier alpha value is -0.780. The summed E-state index contributed by atoms with van der Waals surface area (Å²) in [4.78, 5) is 0. The van der Waals surface area contributed by atoms with Gasteiger partial charge in [0, 0.05) is 0 Å². The third-order valence-electron chi connectivity index (χ3n) is 3.25. The van der Waals surface area contributed by atoms with Gasteiger partial charge in [-0.05, 0) is 30.6 Å². The summed E-state index contributed by atoms with van der Waals surface area (Å²) in [6.45, 7) is 10.7. The van der Waals surface area contributed by atoms with E-state index in [1.807, 2.05) is 6.08 Å². The summed E-state index contributed by atoms with van der Waals surface area (Å²) in [7, 11) is 0. The zero-order chi connectivity index (χ0) is 10.6. The Balaban J connectivity index is 2.77. The molecule has 0 saturated heterocycles. The van der Waals surface area contributed by atoms with Crippen molar-refractivity contribution in [3.63, 3.8) is 0 Å². The molecule has 0 N–H and O–H groups in total. The van der Waals surface area contributed by atoms with Gasteiger partial charge in [0.05, 0.1) is 0 Å². The van der Waals surface area contributed by atoms with Crippen molar-refractivity contribution in [2.45, 2.75) is 40.0 Å². The number of hydrogen-bond donors (Lipinski definition) is 0. The van der Waals surface area contributed by atoms with Crippen molar-refractivity contribution in [2.75, 3.05) is 0 Å². The molecule has 0 aromatic rings. The summed E-state index contributed by atoms with van der Waals surface area (Å²) in [6, 6.07) is 0. The maximum atomic E-state index is 3.87. The highest BCUT2D eigenvalue weighted by Gasteiger charge is 2.21. The van der Waals surface area contributed by atoms with Crippen LogP contribution in [0, 0.1) is 11.3 Å². The van der Waals surface area contributed by atoms with Crippen LogP contribution in [0.4, 0.5) is 0 Å². The molecule has 0 aromatic carbocycles. The summed E-state index contributed by atoms with van der Waals surface area (Å²) >= 11 is 0. The second-order valence-electron chi connectivity index (χ2n) is 4.86. The van der Waals surface area contributed by atoms with Gasteiger partial charge in [-0.2, -0.15) is 0 Å². The van der Waals surface area contributed by atoms with Gasteiger partial charge < -0.3 is 0 Å². The monoisotopic (exact) mass is 190 g/mol. The molecule has 78 valence electrons. The van der Waals surface area contributed by atoms with E-state index in [2.05, 4.69) is 45.6 Å².